The Bertz CT molecular complexity index is 1140. The monoisotopic (exact) mass is 477 g/mol. The van der Waals surface area contributed by atoms with E-state index in [2.05, 4.69) is 26.9 Å². The van der Waals surface area contributed by atoms with Gasteiger partial charge >= 0.3 is 6.18 Å². The molecular formula is C22H19ClF3N5S. The lowest BCUT2D eigenvalue weighted by molar-refractivity contribution is -0.137. The second-order valence-corrected chi connectivity index (χ2v) is 8.09. The fourth-order valence-electron chi connectivity index (χ4n) is 2.80. The van der Waals surface area contributed by atoms with E-state index >= 15 is 0 Å². The molecule has 10 heteroatoms. The second kappa shape index (κ2) is 10.6. The predicted molar refractivity (Wildman–Crippen MR) is 122 cm³/mol. The first-order chi connectivity index (χ1) is 15.3. The molecule has 0 atom stereocenters. The Morgan fingerprint density at radius 2 is 2.06 bits per heavy atom. The van der Waals surface area contributed by atoms with Gasteiger partial charge in [0.15, 0.2) is 11.0 Å². The highest BCUT2D eigenvalue weighted by atomic mass is 35.5. The number of hydrogen-bond acceptors (Lipinski definition) is 5. The highest BCUT2D eigenvalue weighted by molar-refractivity contribution is 7.98. The van der Waals surface area contributed by atoms with Crippen LogP contribution < -0.4 is 0 Å². The van der Waals surface area contributed by atoms with Gasteiger partial charge in [-0.1, -0.05) is 41.1 Å². The van der Waals surface area contributed by atoms with Crippen LogP contribution in [0.15, 0.2) is 76.7 Å². The number of alkyl halides is 3. The maximum absolute atomic E-state index is 13.1. The van der Waals surface area contributed by atoms with E-state index in [9.17, 15) is 13.2 Å². The quantitative estimate of drug-likeness (QED) is 0.212. The summed E-state index contributed by atoms with van der Waals surface area (Å²) in [6, 6.07) is 8.76. The van der Waals surface area contributed by atoms with E-state index in [1.54, 1.807) is 24.5 Å². The molecule has 0 fully saturated rings. The molecule has 32 heavy (non-hydrogen) atoms. The molecule has 166 valence electrons. The Balaban J connectivity index is 1.91. The van der Waals surface area contributed by atoms with E-state index in [1.807, 2.05) is 29.7 Å². The third-order valence-electron chi connectivity index (χ3n) is 4.32. The van der Waals surface area contributed by atoms with Gasteiger partial charge in [-0.25, -0.2) is 0 Å². The van der Waals surface area contributed by atoms with Crippen LogP contribution in [0, 0.1) is 0 Å². The van der Waals surface area contributed by atoms with Crippen molar-refractivity contribution >= 4 is 30.1 Å². The molecule has 0 aliphatic rings. The van der Waals surface area contributed by atoms with Gasteiger partial charge in [-0.15, -0.1) is 10.2 Å². The van der Waals surface area contributed by atoms with Gasteiger partial charge in [-0.05, 0) is 55.6 Å². The van der Waals surface area contributed by atoms with Crippen molar-refractivity contribution in [2.24, 2.45) is 4.99 Å². The van der Waals surface area contributed by atoms with Crippen LogP contribution in [-0.4, -0.2) is 26.5 Å². The van der Waals surface area contributed by atoms with Crippen LogP contribution in [0.4, 0.5) is 13.2 Å². The normalized spacial score (nSPS) is 12.5. The largest absolute Gasteiger partial charge is 0.416 e. The van der Waals surface area contributed by atoms with Crippen molar-refractivity contribution < 1.29 is 13.2 Å². The number of aromatic nitrogens is 4. The molecule has 0 radical (unpaired) electrons. The van der Waals surface area contributed by atoms with Gasteiger partial charge in [0.2, 0.25) is 0 Å². The number of benzene rings is 1. The van der Waals surface area contributed by atoms with E-state index in [1.165, 1.54) is 17.8 Å². The van der Waals surface area contributed by atoms with Gasteiger partial charge < -0.3 is 0 Å². The minimum atomic E-state index is -4.44. The maximum Gasteiger partial charge on any atom is 0.416 e. The van der Waals surface area contributed by atoms with Gasteiger partial charge in [0.05, 0.1) is 5.56 Å². The lowest BCUT2D eigenvalue weighted by atomic mass is 10.1. The second-order valence-electron chi connectivity index (χ2n) is 6.74. The zero-order chi connectivity index (χ0) is 23.1. The number of rotatable bonds is 8. The average Bonchev–Trinajstić information content (AvgIpc) is 3.15. The Morgan fingerprint density at radius 3 is 2.75 bits per heavy atom. The number of pyridine rings is 1. The van der Waals surface area contributed by atoms with Crippen molar-refractivity contribution in [3.8, 4) is 11.5 Å². The highest BCUT2D eigenvalue weighted by Gasteiger charge is 2.31. The Hall–Kier alpha value is -2.91. The SMILES string of the molecule is C=N/C=C\C=C(/C)Cn1c(SCc2cc(C(F)(F)F)ccc2Cl)nnc1-c1ccccn1. The standard InChI is InChI=1S/C22H19ClF3N5S/c1-15(6-5-10-27-2)13-31-20(19-7-3-4-11-28-19)29-30-21(31)32-14-16-12-17(22(24,25)26)8-9-18(16)23/h3-12H,2,13-14H2,1H3/b10-5-,15-6+. The smallest absolute Gasteiger partial charge is 0.297 e. The van der Waals surface area contributed by atoms with Crippen LogP contribution >= 0.6 is 23.4 Å². The average molecular weight is 478 g/mol. The van der Waals surface area contributed by atoms with E-state index in [0.717, 1.165) is 17.7 Å². The van der Waals surface area contributed by atoms with Gasteiger partial charge in [-0.3, -0.25) is 14.5 Å². The summed E-state index contributed by atoms with van der Waals surface area (Å²) in [5, 5.41) is 9.33. The van der Waals surface area contributed by atoms with Gasteiger partial charge in [0.25, 0.3) is 0 Å². The summed E-state index contributed by atoms with van der Waals surface area (Å²) < 4.78 is 41.1. The number of allylic oxidation sites excluding steroid dienone is 3. The van der Waals surface area contributed by atoms with Crippen LogP contribution in [0.2, 0.25) is 5.02 Å². The molecule has 1 aromatic carbocycles. The molecule has 3 aromatic rings. The molecule has 0 saturated carbocycles. The van der Waals surface area contributed by atoms with Crippen LogP contribution in [0.3, 0.4) is 0 Å². The molecular weight excluding hydrogens is 459 g/mol. The van der Waals surface area contributed by atoms with Crippen molar-refractivity contribution in [3.63, 3.8) is 0 Å². The lowest BCUT2D eigenvalue weighted by Gasteiger charge is -2.12. The third kappa shape index (κ3) is 6.08. The first-order valence-corrected chi connectivity index (χ1v) is 10.8. The first-order valence-electron chi connectivity index (χ1n) is 9.40. The molecule has 0 saturated heterocycles. The summed E-state index contributed by atoms with van der Waals surface area (Å²) in [5.74, 6) is 0.758. The van der Waals surface area contributed by atoms with Crippen molar-refractivity contribution in [3.05, 3.63) is 82.7 Å². The summed E-state index contributed by atoms with van der Waals surface area (Å²) in [7, 11) is 0. The van der Waals surface area contributed by atoms with Crippen molar-refractivity contribution in [1.82, 2.24) is 19.7 Å². The number of aliphatic imine (C=N–C) groups is 1. The van der Waals surface area contributed by atoms with Gasteiger partial charge in [-0.2, -0.15) is 13.2 Å². The van der Waals surface area contributed by atoms with Crippen molar-refractivity contribution in [2.45, 2.75) is 30.6 Å². The molecule has 0 aliphatic heterocycles. The van der Waals surface area contributed by atoms with Crippen LogP contribution in [0.25, 0.3) is 11.5 Å². The molecule has 0 amide bonds. The lowest BCUT2D eigenvalue weighted by Crippen LogP contribution is -2.06. The topological polar surface area (TPSA) is 56.0 Å². The molecule has 0 unspecified atom stereocenters. The summed E-state index contributed by atoms with van der Waals surface area (Å²) in [6.07, 6.45) is 2.44. The minimum absolute atomic E-state index is 0.201. The minimum Gasteiger partial charge on any atom is -0.297 e. The maximum atomic E-state index is 13.1. The van der Waals surface area contributed by atoms with E-state index < -0.39 is 11.7 Å². The Labute approximate surface area is 192 Å². The Morgan fingerprint density at radius 1 is 1.25 bits per heavy atom. The van der Waals surface area contributed by atoms with E-state index in [0.29, 0.717) is 28.8 Å². The number of halogens is 4. The number of thioether (sulfide) groups is 1. The first kappa shape index (κ1) is 23.7. The summed E-state index contributed by atoms with van der Waals surface area (Å²) in [6.45, 7) is 5.79. The van der Waals surface area contributed by atoms with Crippen LogP contribution in [0.5, 0.6) is 0 Å². The fourth-order valence-corrected chi connectivity index (χ4v) is 3.99. The molecule has 0 aliphatic carbocycles. The summed E-state index contributed by atoms with van der Waals surface area (Å²) >= 11 is 7.40. The number of nitrogens with zero attached hydrogens (tertiary/aromatic N) is 5. The van der Waals surface area contributed by atoms with E-state index in [4.69, 9.17) is 11.6 Å². The number of hydrogen-bond donors (Lipinski definition) is 0. The molecule has 2 aromatic heterocycles. The molecule has 3 rings (SSSR count). The van der Waals surface area contributed by atoms with Crippen molar-refractivity contribution in [2.75, 3.05) is 0 Å². The molecule has 2 heterocycles. The van der Waals surface area contributed by atoms with Gasteiger partial charge in [0.1, 0.15) is 5.69 Å². The van der Waals surface area contributed by atoms with Gasteiger partial charge in [0, 0.05) is 29.7 Å². The predicted octanol–water partition coefficient (Wildman–Crippen LogP) is 6.47. The fraction of sp³-hybridized carbons (Fsp3) is 0.182. The molecule has 0 spiro atoms. The Kier molecular flexibility index (Phi) is 7.87. The molecule has 0 bridgehead atoms. The van der Waals surface area contributed by atoms with Crippen LogP contribution in [-0.2, 0) is 18.5 Å². The molecule has 0 N–H and O–H groups in total. The van der Waals surface area contributed by atoms with Crippen LogP contribution in [0.1, 0.15) is 18.1 Å². The zero-order valence-corrected chi connectivity index (χ0v) is 18.6. The highest BCUT2D eigenvalue weighted by Crippen LogP contribution is 2.34. The zero-order valence-electron chi connectivity index (χ0n) is 17.1. The van der Waals surface area contributed by atoms with E-state index in [-0.39, 0.29) is 10.8 Å². The van der Waals surface area contributed by atoms with Crippen molar-refractivity contribution in [1.29, 1.82) is 0 Å². The molecule has 5 nitrogen and oxygen atoms in total. The summed E-state index contributed by atoms with van der Waals surface area (Å²) in [4.78, 5) is 8.01. The summed E-state index contributed by atoms with van der Waals surface area (Å²) in [5.41, 5.74) is 1.25. The third-order valence-corrected chi connectivity index (χ3v) is 5.70.